The molecule has 0 saturated heterocycles. The summed E-state index contributed by atoms with van der Waals surface area (Å²) in [5.41, 5.74) is 10.3. The summed E-state index contributed by atoms with van der Waals surface area (Å²) in [6, 6.07) is -1.43. The SMILES string of the molecule is CC(C)C(N)C(=O)O.CC(C)C(N)C(=O)O.[Pt]. The van der Waals surface area contributed by atoms with Crippen molar-refractivity contribution >= 4 is 11.9 Å². The monoisotopic (exact) mass is 429 g/mol. The number of nitrogens with two attached hydrogens (primary N) is 2. The van der Waals surface area contributed by atoms with Crippen LogP contribution in [0.15, 0.2) is 0 Å². The Morgan fingerprint density at radius 1 is 0.824 bits per heavy atom. The van der Waals surface area contributed by atoms with Gasteiger partial charge in [-0.2, -0.15) is 0 Å². The Morgan fingerprint density at radius 3 is 1.00 bits per heavy atom. The Hall–Kier alpha value is -0.452. The van der Waals surface area contributed by atoms with Crippen LogP contribution in [-0.2, 0) is 30.7 Å². The van der Waals surface area contributed by atoms with E-state index in [0.717, 1.165) is 0 Å². The molecule has 7 heteroatoms. The maximum atomic E-state index is 10.0. The standard InChI is InChI=1S/2C5H11NO2.Pt/c2*1-3(2)4(6)5(7)8;/h2*3-4H,6H2,1-2H3,(H,7,8);. The number of hydrogen-bond acceptors (Lipinski definition) is 4. The topological polar surface area (TPSA) is 127 Å². The summed E-state index contributed by atoms with van der Waals surface area (Å²) in [5, 5.41) is 16.5. The molecule has 2 unspecified atom stereocenters. The first-order valence-corrected chi connectivity index (χ1v) is 5.08. The average molecular weight is 429 g/mol. The minimum Gasteiger partial charge on any atom is -0.480 e. The summed E-state index contributed by atoms with van der Waals surface area (Å²) >= 11 is 0. The molecule has 0 aromatic rings. The van der Waals surface area contributed by atoms with E-state index >= 15 is 0 Å². The zero-order valence-corrected chi connectivity index (χ0v) is 12.8. The normalized spacial score (nSPS) is 13.2. The van der Waals surface area contributed by atoms with E-state index in [9.17, 15) is 9.59 Å². The first-order valence-electron chi connectivity index (χ1n) is 5.08. The molecule has 0 amide bonds. The first kappa shape index (κ1) is 21.8. The molecule has 106 valence electrons. The molecule has 0 fully saturated rings. The molecule has 0 rings (SSSR count). The predicted octanol–water partition coefficient (Wildman–Crippen LogP) is 0.106. The van der Waals surface area contributed by atoms with Crippen molar-refractivity contribution in [3.05, 3.63) is 0 Å². The van der Waals surface area contributed by atoms with Crippen LogP contribution in [0.5, 0.6) is 0 Å². The number of aliphatic carboxylic acids is 2. The summed E-state index contributed by atoms with van der Waals surface area (Å²) in [6.07, 6.45) is 0. The number of hydrogen-bond donors (Lipinski definition) is 4. The minimum atomic E-state index is -0.931. The van der Waals surface area contributed by atoms with Gasteiger partial charge in [-0.25, -0.2) is 0 Å². The van der Waals surface area contributed by atoms with E-state index in [1.165, 1.54) is 0 Å². The van der Waals surface area contributed by atoms with Crippen molar-refractivity contribution in [2.24, 2.45) is 23.3 Å². The Bertz CT molecular complexity index is 210. The van der Waals surface area contributed by atoms with Crippen LogP contribution in [0.2, 0.25) is 0 Å². The van der Waals surface area contributed by atoms with Crippen LogP contribution in [0.3, 0.4) is 0 Å². The van der Waals surface area contributed by atoms with Crippen LogP contribution < -0.4 is 11.5 Å². The number of carbonyl (C=O) groups is 2. The minimum absolute atomic E-state index is 0. The van der Waals surface area contributed by atoms with E-state index < -0.39 is 24.0 Å². The summed E-state index contributed by atoms with van der Waals surface area (Å²) in [4.78, 5) is 20.0. The van der Waals surface area contributed by atoms with Gasteiger partial charge in [0.05, 0.1) is 0 Å². The van der Waals surface area contributed by atoms with E-state index in [0.29, 0.717) is 0 Å². The van der Waals surface area contributed by atoms with Crippen molar-refractivity contribution in [1.82, 2.24) is 0 Å². The first-order chi connectivity index (χ1) is 7.11. The number of rotatable bonds is 4. The van der Waals surface area contributed by atoms with E-state index in [1.54, 1.807) is 27.7 Å². The third-order valence-corrected chi connectivity index (χ3v) is 2.01. The number of carboxylic acid groups (broad SMARTS) is 2. The Balaban J connectivity index is -0.000000218. The molecule has 0 aliphatic rings. The average Bonchev–Trinajstić information content (AvgIpc) is 2.15. The molecule has 0 aliphatic carbocycles. The Labute approximate surface area is 116 Å². The summed E-state index contributed by atoms with van der Waals surface area (Å²) in [7, 11) is 0. The van der Waals surface area contributed by atoms with Gasteiger partial charge in [-0.05, 0) is 11.8 Å². The smallest absolute Gasteiger partial charge is 0.320 e. The maximum absolute atomic E-state index is 10.0. The molecule has 0 aliphatic heterocycles. The summed E-state index contributed by atoms with van der Waals surface area (Å²) < 4.78 is 0. The molecule has 0 saturated carbocycles. The second-order valence-electron chi connectivity index (χ2n) is 4.22. The Kier molecular flexibility index (Phi) is 13.7. The van der Waals surface area contributed by atoms with Gasteiger partial charge in [0.25, 0.3) is 0 Å². The molecule has 17 heavy (non-hydrogen) atoms. The maximum Gasteiger partial charge on any atom is 0.320 e. The van der Waals surface area contributed by atoms with Gasteiger partial charge in [0, 0.05) is 21.1 Å². The van der Waals surface area contributed by atoms with Crippen LogP contribution in [0.1, 0.15) is 27.7 Å². The molecular weight excluding hydrogens is 407 g/mol. The van der Waals surface area contributed by atoms with Crippen molar-refractivity contribution in [1.29, 1.82) is 0 Å². The van der Waals surface area contributed by atoms with Crippen LogP contribution in [-0.4, -0.2) is 34.2 Å². The quantitative estimate of drug-likeness (QED) is 0.503. The molecule has 0 heterocycles. The number of carboxylic acids is 2. The largest absolute Gasteiger partial charge is 0.480 e. The van der Waals surface area contributed by atoms with Crippen LogP contribution >= 0.6 is 0 Å². The molecule has 0 spiro atoms. The van der Waals surface area contributed by atoms with Crippen LogP contribution in [0.4, 0.5) is 0 Å². The Morgan fingerprint density at radius 2 is 1.00 bits per heavy atom. The van der Waals surface area contributed by atoms with Crippen molar-refractivity contribution in [3.8, 4) is 0 Å². The molecule has 0 aromatic carbocycles. The fraction of sp³-hybridized carbons (Fsp3) is 0.800. The van der Waals surface area contributed by atoms with Gasteiger partial charge < -0.3 is 21.7 Å². The second kappa shape index (κ2) is 10.7. The second-order valence-corrected chi connectivity index (χ2v) is 4.22. The van der Waals surface area contributed by atoms with Gasteiger partial charge in [0.15, 0.2) is 0 Å². The van der Waals surface area contributed by atoms with E-state index in [2.05, 4.69) is 0 Å². The van der Waals surface area contributed by atoms with Gasteiger partial charge in [0.1, 0.15) is 12.1 Å². The molecule has 6 N–H and O–H groups in total. The zero-order valence-electron chi connectivity index (χ0n) is 10.5. The molecule has 0 aromatic heterocycles. The van der Waals surface area contributed by atoms with Gasteiger partial charge >= 0.3 is 11.9 Å². The third-order valence-electron chi connectivity index (χ3n) is 2.01. The van der Waals surface area contributed by atoms with Gasteiger partial charge in [0.2, 0.25) is 0 Å². The van der Waals surface area contributed by atoms with Crippen molar-refractivity contribution in [3.63, 3.8) is 0 Å². The van der Waals surface area contributed by atoms with Gasteiger partial charge in [-0.15, -0.1) is 0 Å². The van der Waals surface area contributed by atoms with Crippen LogP contribution in [0, 0.1) is 11.8 Å². The summed E-state index contributed by atoms with van der Waals surface area (Å²) in [5.74, 6) is -1.82. The van der Waals surface area contributed by atoms with E-state index in [4.69, 9.17) is 21.7 Å². The fourth-order valence-electron chi connectivity index (χ4n) is 0.570. The zero-order chi connectivity index (χ0) is 13.5. The molecule has 0 radical (unpaired) electrons. The van der Waals surface area contributed by atoms with Crippen LogP contribution in [0.25, 0.3) is 0 Å². The van der Waals surface area contributed by atoms with Crippen molar-refractivity contribution in [2.45, 2.75) is 39.8 Å². The van der Waals surface area contributed by atoms with E-state index in [1.807, 2.05) is 0 Å². The molecular formula is C10H22N2O4Pt. The van der Waals surface area contributed by atoms with Crippen molar-refractivity contribution < 1.29 is 40.9 Å². The van der Waals surface area contributed by atoms with Gasteiger partial charge in [-0.3, -0.25) is 9.59 Å². The third kappa shape index (κ3) is 11.8. The van der Waals surface area contributed by atoms with Crippen molar-refractivity contribution in [2.75, 3.05) is 0 Å². The predicted molar refractivity (Wildman–Crippen MR) is 60.9 cm³/mol. The fourth-order valence-corrected chi connectivity index (χ4v) is 0.570. The molecule has 2 atom stereocenters. The summed E-state index contributed by atoms with van der Waals surface area (Å²) in [6.45, 7) is 7.11. The van der Waals surface area contributed by atoms with E-state index in [-0.39, 0.29) is 32.9 Å². The molecule has 6 nitrogen and oxygen atoms in total. The van der Waals surface area contributed by atoms with Gasteiger partial charge in [-0.1, -0.05) is 27.7 Å². The molecule has 0 bridgehead atoms.